The third-order valence-electron chi connectivity index (χ3n) is 2.60. The summed E-state index contributed by atoms with van der Waals surface area (Å²) in [5.41, 5.74) is 1.75. The molecule has 0 aliphatic heterocycles. The summed E-state index contributed by atoms with van der Waals surface area (Å²) in [6.45, 7) is 7.68. The molecule has 0 atom stereocenters. The Bertz CT molecular complexity index is 619. The van der Waals surface area contributed by atoms with Gasteiger partial charge in [-0.25, -0.2) is 9.78 Å². The summed E-state index contributed by atoms with van der Waals surface area (Å²) in [6.07, 6.45) is 10.2. The molecule has 0 amide bonds. The van der Waals surface area contributed by atoms with E-state index in [-0.39, 0.29) is 0 Å². The highest BCUT2D eigenvalue weighted by Gasteiger charge is 2.13. The third kappa shape index (κ3) is 5.58. The van der Waals surface area contributed by atoms with Crippen LogP contribution in [0.15, 0.2) is 66.6 Å². The minimum Gasteiger partial charge on any atom is -0.462 e. The number of aromatic nitrogens is 1. The summed E-state index contributed by atoms with van der Waals surface area (Å²) in [5.74, 6) is -0.425. The van der Waals surface area contributed by atoms with Gasteiger partial charge in [-0.2, -0.15) is 0 Å². The molecule has 0 fully saturated rings. The molecule has 0 aromatic carbocycles. The Morgan fingerprint density at radius 1 is 1.55 bits per heavy atom. The number of ether oxygens (including phenoxy) is 1. The van der Waals surface area contributed by atoms with Gasteiger partial charge in [0.25, 0.3) is 0 Å². The van der Waals surface area contributed by atoms with Crippen molar-refractivity contribution in [1.82, 2.24) is 4.98 Å². The Labute approximate surface area is 135 Å². The molecule has 0 spiro atoms. The highest BCUT2D eigenvalue weighted by atomic mass is 35.5. The normalized spacial score (nSPS) is 12.3. The summed E-state index contributed by atoms with van der Waals surface area (Å²) in [5, 5.41) is 3.38. The topological polar surface area (TPSA) is 51.2 Å². The minimum atomic E-state index is -0.425. The lowest BCUT2D eigenvalue weighted by molar-refractivity contribution is -0.138. The highest BCUT2D eigenvalue weighted by molar-refractivity contribution is 6.29. The van der Waals surface area contributed by atoms with E-state index in [2.05, 4.69) is 16.9 Å². The molecule has 0 unspecified atom stereocenters. The van der Waals surface area contributed by atoms with Crippen molar-refractivity contribution in [3.05, 3.63) is 71.7 Å². The molecule has 0 saturated carbocycles. The number of allylic oxidation sites excluding steroid dienone is 4. The lowest BCUT2D eigenvalue weighted by Gasteiger charge is -2.09. The molecule has 0 radical (unpaired) electrons. The second kappa shape index (κ2) is 9.58. The average Bonchev–Trinajstić information content (AvgIpc) is 2.50. The van der Waals surface area contributed by atoms with Crippen LogP contribution in [0.1, 0.15) is 13.8 Å². The number of hydrogen-bond donors (Lipinski definition) is 1. The van der Waals surface area contributed by atoms with Gasteiger partial charge in [-0.05, 0) is 31.6 Å². The van der Waals surface area contributed by atoms with Gasteiger partial charge in [-0.3, -0.25) is 0 Å². The Kier molecular flexibility index (Phi) is 7.72. The van der Waals surface area contributed by atoms with Crippen molar-refractivity contribution in [2.75, 3.05) is 11.9 Å². The SMILES string of the molecule is C=CC(=C\C=C/C)/C(=C\Nc1ccnc(Cl)c1)C(=O)OCC. The van der Waals surface area contributed by atoms with Gasteiger partial charge in [0.1, 0.15) is 5.15 Å². The van der Waals surface area contributed by atoms with Crippen LogP contribution in [0, 0.1) is 0 Å². The van der Waals surface area contributed by atoms with E-state index < -0.39 is 5.97 Å². The van der Waals surface area contributed by atoms with E-state index in [0.717, 1.165) is 5.69 Å². The second-order valence-corrected chi connectivity index (χ2v) is 4.53. The van der Waals surface area contributed by atoms with E-state index in [1.165, 1.54) is 0 Å². The number of pyridine rings is 1. The standard InChI is InChI=1S/C17H19ClN2O2/c1-4-7-8-13(5-2)15(17(21)22-6-3)12-20-14-9-10-19-16(18)11-14/h4-5,7-12H,2,6H2,1,3H3,(H,19,20)/b7-4-,13-8+,15-12+. The van der Waals surface area contributed by atoms with E-state index in [1.807, 2.05) is 19.1 Å². The van der Waals surface area contributed by atoms with Crippen molar-refractivity contribution in [1.29, 1.82) is 0 Å². The molecule has 22 heavy (non-hydrogen) atoms. The minimum absolute atomic E-state index is 0.297. The summed E-state index contributed by atoms with van der Waals surface area (Å²) in [7, 11) is 0. The number of nitrogens with zero attached hydrogens (tertiary/aromatic N) is 1. The van der Waals surface area contributed by atoms with Crippen LogP contribution in [0.2, 0.25) is 5.15 Å². The Morgan fingerprint density at radius 3 is 2.91 bits per heavy atom. The average molecular weight is 319 g/mol. The van der Waals surface area contributed by atoms with Gasteiger partial charge < -0.3 is 10.1 Å². The molecule has 1 aromatic rings. The van der Waals surface area contributed by atoms with Crippen LogP contribution in [0.5, 0.6) is 0 Å². The number of esters is 1. The number of rotatable bonds is 7. The van der Waals surface area contributed by atoms with Crippen LogP contribution in [-0.2, 0) is 9.53 Å². The number of carbonyl (C=O) groups excluding carboxylic acids is 1. The first-order chi connectivity index (χ1) is 10.6. The fraction of sp³-hybridized carbons (Fsp3) is 0.176. The lowest BCUT2D eigenvalue weighted by atomic mass is 10.1. The van der Waals surface area contributed by atoms with E-state index in [1.54, 1.807) is 43.6 Å². The molecular weight excluding hydrogens is 300 g/mol. The van der Waals surface area contributed by atoms with Gasteiger partial charge >= 0.3 is 5.97 Å². The van der Waals surface area contributed by atoms with E-state index in [9.17, 15) is 4.79 Å². The molecular formula is C17H19ClN2O2. The highest BCUT2D eigenvalue weighted by Crippen LogP contribution is 2.17. The van der Waals surface area contributed by atoms with Crippen molar-refractivity contribution in [2.24, 2.45) is 0 Å². The summed E-state index contributed by atoms with van der Waals surface area (Å²) >= 11 is 5.83. The Balaban J connectivity index is 3.10. The Morgan fingerprint density at radius 2 is 2.32 bits per heavy atom. The zero-order chi connectivity index (χ0) is 16.4. The number of halogens is 1. The van der Waals surface area contributed by atoms with Gasteiger partial charge in [-0.1, -0.05) is 42.5 Å². The molecule has 5 heteroatoms. The van der Waals surface area contributed by atoms with Gasteiger partial charge in [-0.15, -0.1) is 0 Å². The molecule has 116 valence electrons. The molecule has 0 saturated heterocycles. The molecule has 0 bridgehead atoms. The van der Waals surface area contributed by atoms with Crippen LogP contribution in [0.4, 0.5) is 5.69 Å². The molecule has 0 aliphatic rings. The van der Waals surface area contributed by atoms with Crippen molar-refractivity contribution >= 4 is 23.3 Å². The monoisotopic (exact) mass is 318 g/mol. The van der Waals surface area contributed by atoms with Crippen molar-refractivity contribution in [3.8, 4) is 0 Å². The first-order valence-corrected chi connectivity index (χ1v) is 7.21. The van der Waals surface area contributed by atoms with E-state index >= 15 is 0 Å². The maximum absolute atomic E-state index is 12.1. The third-order valence-corrected chi connectivity index (χ3v) is 2.81. The largest absolute Gasteiger partial charge is 0.462 e. The summed E-state index contributed by atoms with van der Waals surface area (Å²) < 4.78 is 5.08. The molecule has 1 rings (SSSR count). The summed E-state index contributed by atoms with van der Waals surface area (Å²) in [6, 6.07) is 3.40. The first-order valence-electron chi connectivity index (χ1n) is 6.83. The molecule has 1 N–H and O–H groups in total. The quantitative estimate of drug-likeness (QED) is 0.353. The van der Waals surface area contributed by atoms with Crippen molar-refractivity contribution in [2.45, 2.75) is 13.8 Å². The van der Waals surface area contributed by atoms with Gasteiger partial charge in [0.05, 0.1) is 12.2 Å². The predicted octanol–water partition coefficient (Wildman–Crippen LogP) is 4.28. The van der Waals surface area contributed by atoms with Crippen LogP contribution < -0.4 is 5.32 Å². The molecule has 0 aliphatic carbocycles. The van der Waals surface area contributed by atoms with Gasteiger partial charge in [0, 0.05) is 18.1 Å². The Hall–Kier alpha value is -2.33. The molecule has 1 heterocycles. The van der Waals surface area contributed by atoms with Crippen LogP contribution >= 0.6 is 11.6 Å². The maximum Gasteiger partial charge on any atom is 0.340 e. The predicted molar refractivity (Wildman–Crippen MR) is 90.7 cm³/mol. The van der Waals surface area contributed by atoms with E-state index in [4.69, 9.17) is 16.3 Å². The number of carbonyl (C=O) groups is 1. The maximum atomic E-state index is 12.1. The smallest absolute Gasteiger partial charge is 0.340 e. The van der Waals surface area contributed by atoms with Crippen LogP contribution in [0.25, 0.3) is 0 Å². The fourth-order valence-corrected chi connectivity index (χ4v) is 1.76. The number of nitrogens with one attached hydrogen (secondary N) is 1. The summed E-state index contributed by atoms with van der Waals surface area (Å²) in [4.78, 5) is 16.0. The molecule has 1 aromatic heterocycles. The molecule has 4 nitrogen and oxygen atoms in total. The number of anilines is 1. The zero-order valence-electron chi connectivity index (χ0n) is 12.7. The lowest BCUT2D eigenvalue weighted by Crippen LogP contribution is -2.10. The van der Waals surface area contributed by atoms with Crippen molar-refractivity contribution in [3.63, 3.8) is 0 Å². The van der Waals surface area contributed by atoms with Crippen LogP contribution in [0.3, 0.4) is 0 Å². The van der Waals surface area contributed by atoms with Gasteiger partial charge in [0.15, 0.2) is 0 Å². The second-order valence-electron chi connectivity index (χ2n) is 4.14. The fourth-order valence-electron chi connectivity index (χ4n) is 1.58. The van der Waals surface area contributed by atoms with Gasteiger partial charge in [0.2, 0.25) is 0 Å². The first kappa shape index (κ1) is 17.7. The zero-order valence-corrected chi connectivity index (χ0v) is 13.4. The van der Waals surface area contributed by atoms with Crippen molar-refractivity contribution < 1.29 is 9.53 Å². The number of hydrogen-bond acceptors (Lipinski definition) is 4. The van der Waals surface area contributed by atoms with Crippen LogP contribution in [-0.4, -0.2) is 17.6 Å². The van der Waals surface area contributed by atoms with E-state index in [0.29, 0.717) is 22.9 Å².